The molecule has 0 bridgehead atoms. The quantitative estimate of drug-likeness (QED) is 0.170. The first-order valence-electron chi connectivity index (χ1n) is 8.04. The van der Waals surface area contributed by atoms with Gasteiger partial charge < -0.3 is 33.9 Å². The Hall–Kier alpha value is -4.04. The topological polar surface area (TPSA) is 223 Å². The van der Waals surface area contributed by atoms with E-state index in [1.807, 2.05) is 0 Å². The van der Waals surface area contributed by atoms with Crippen molar-refractivity contribution in [2.75, 3.05) is 0 Å². The van der Waals surface area contributed by atoms with E-state index in [0.29, 0.717) is 27.7 Å². The minimum atomic E-state index is -3.32. The van der Waals surface area contributed by atoms with Crippen LogP contribution in [0.15, 0.2) is 0 Å². The number of aliphatic carboxylic acids is 2. The summed E-state index contributed by atoms with van der Waals surface area (Å²) in [4.78, 5) is 92.5. The van der Waals surface area contributed by atoms with Crippen LogP contribution < -0.4 is 0 Å². The second-order valence-corrected chi connectivity index (χ2v) is 5.70. The molecule has 0 aromatic heterocycles. The van der Waals surface area contributed by atoms with Crippen LogP contribution >= 0.6 is 0 Å². The third-order valence-electron chi connectivity index (χ3n) is 2.81. The van der Waals surface area contributed by atoms with Crippen LogP contribution in [0.1, 0.15) is 40.5 Å². The molecule has 0 rings (SSSR count). The summed E-state index contributed by atoms with van der Waals surface area (Å²) >= 11 is 0. The molecule has 0 aliphatic heterocycles. The summed E-state index contributed by atoms with van der Waals surface area (Å²) in [5.41, 5.74) is 0. The zero-order chi connectivity index (χ0) is 24.6. The molecule has 0 fully saturated rings. The summed E-state index contributed by atoms with van der Waals surface area (Å²) < 4.78 is 22.1. The van der Waals surface area contributed by atoms with E-state index >= 15 is 0 Å². The minimum Gasteiger partial charge on any atom is -0.481 e. The molecule has 0 unspecified atom stereocenters. The van der Waals surface area contributed by atoms with Crippen molar-refractivity contribution in [2.24, 2.45) is 0 Å². The normalized spacial score (nSPS) is 10.8. The van der Waals surface area contributed by atoms with Crippen molar-refractivity contribution >= 4 is 47.8 Å². The summed E-state index contributed by atoms with van der Waals surface area (Å²) in [6, 6.07) is 0. The first-order valence-corrected chi connectivity index (χ1v) is 8.04. The van der Waals surface area contributed by atoms with Gasteiger partial charge in [-0.3, -0.25) is 28.8 Å². The van der Waals surface area contributed by atoms with Crippen molar-refractivity contribution < 1.29 is 72.3 Å². The lowest BCUT2D eigenvalue weighted by molar-refractivity contribution is -0.253. The van der Waals surface area contributed by atoms with Crippen LogP contribution in [-0.4, -0.2) is 69.5 Å². The average molecular weight is 450 g/mol. The van der Waals surface area contributed by atoms with Crippen LogP contribution in [0.2, 0.25) is 0 Å². The summed E-state index contributed by atoms with van der Waals surface area (Å²) in [5.74, 6) is -20.0. The highest BCUT2D eigenvalue weighted by Gasteiger charge is 2.56. The van der Waals surface area contributed by atoms with E-state index in [1.54, 1.807) is 0 Å². The Balaban J connectivity index is 6.34. The molecule has 0 saturated carbocycles. The van der Waals surface area contributed by atoms with Gasteiger partial charge in [-0.15, -0.1) is 0 Å². The molecular formula is C16H18O15. The Morgan fingerprint density at radius 2 is 0.774 bits per heavy atom. The summed E-state index contributed by atoms with van der Waals surface area (Å²) in [5, 5.41) is 18.0. The number of esters is 6. The van der Waals surface area contributed by atoms with Crippen LogP contribution in [0.5, 0.6) is 0 Å². The lowest BCUT2D eigenvalue weighted by Crippen LogP contribution is -2.55. The predicted octanol–water partition coefficient (Wildman–Crippen LogP) is -1.35. The van der Waals surface area contributed by atoms with Gasteiger partial charge in [0.05, 0.1) is 0 Å². The van der Waals surface area contributed by atoms with Gasteiger partial charge in [0.2, 0.25) is 0 Å². The van der Waals surface area contributed by atoms with E-state index in [2.05, 4.69) is 23.7 Å². The fraction of sp³-hybridized carbons (Fsp3) is 0.500. The van der Waals surface area contributed by atoms with E-state index in [9.17, 15) is 38.4 Å². The maximum absolute atomic E-state index is 12.5. The van der Waals surface area contributed by atoms with Crippen molar-refractivity contribution in [1.82, 2.24) is 0 Å². The number of carboxylic acid groups (broad SMARTS) is 2. The van der Waals surface area contributed by atoms with Gasteiger partial charge in [-0.2, -0.15) is 0 Å². The lowest BCUT2D eigenvalue weighted by atomic mass is 10.1. The van der Waals surface area contributed by atoms with Crippen LogP contribution in [-0.2, 0) is 62.0 Å². The Labute approximate surface area is 173 Å². The van der Waals surface area contributed by atoms with Gasteiger partial charge in [-0.05, 0) is 0 Å². The van der Waals surface area contributed by atoms with Gasteiger partial charge in [0, 0.05) is 27.7 Å². The Kier molecular flexibility index (Phi) is 9.27. The highest BCUT2D eigenvalue weighted by molar-refractivity contribution is 5.98. The zero-order valence-electron chi connectivity index (χ0n) is 16.6. The Morgan fingerprint density at radius 1 is 0.548 bits per heavy atom. The monoisotopic (exact) mass is 450 g/mol. The van der Waals surface area contributed by atoms with E-state index < -0.39 is 72.2 Å². The molecule has 0 amide bonds. The average Bonchev–Trinajstić information content (AvgIpc) is 2.50. The molecule has 0 aromatic carbocycles. The number of carboxylic acids is 2. The van der Waals surface area contributed by atoms with Crippen LogP contribution in [0.25, 0.3) is 0 Å². The van der Waals surface area contributed by atoms with Crippen molar-refractivity contribution in [2.45, 2.75) is 52.1 Å². The van der Waals surface area contributed by atoms with E-state index in [1.165, 1.54) is 0 Å². The number of ether oxygens (including phenoxy) is 5. The van der Waals surface area contributed by atoms with Gasteiger partial charge in [0.25, 0.3) is 0 Å². The van der Waals surface area contributed by atoms with Crippen molar-refractivity contribution in [3.05, 3.63) is 0 Å². The molecule has 0 spiro atoms. The van der Waals surface area contributed by atoms with Gasteiger partial charge in [-0.1, -0.05) is 0 Å². The third kappa shape index (κ3) is 8.46. The van der Waals surface area contributed by atoms with Gasteiger partial charge in [-0.25, -0.2) is 9.59 Å². The Bertz CT molecular complexity index is 660. The molecule has 0 radical (unpaired) electrons. The fourth-order valence-electron chi connectivity index (χ4n) is 2.06. The van der Waals surface area contributed by atoms with Crippen molar-refractivity contribution in [3.8, 4) is 0 Å². The number of hydrogen-bond donors (Lipinski definition) is 2. The SMILES string of the molecule is CC(=O)OC(CC(=O)O)(OC(C)=O)C(=O)OC(=O)C(CC(=O)O)(OC(C)=O)OC(C)=O. The molecule has 0 aliphatic rings. The van der Waals surface area contributed by atoms with E-state index in [-0.39, 0.29) is 0 Å². The summed E-state index contributed by atoms with van der Waals surface area (Å²) in [6.07, 6.45) is -3.07. The number of carbonyl (C=O) groups excluding carboxylic acids is 6. The maximum Gasteiger partial charge on any atom is 0.401 e. The molecule has 15 heteroatoms. The first-order chi connectivity index (χ1) is 14.0. The van der Waals surface area contributed by atoms with Crippen LogP contribution in [0, 0.1) is 0 Å². The maximum atomic E-state index is 12.5. The van der Waals surface area contributed by atoms with Crippen LogP contribution in [0.3, 0.4) is 0 Å². The van der Waals surface area contributed by atoms with Gasteiger partial charge in [0.15, 0.2) is 0 Å². The molecule has 0 aromatic rings. The fourth-order valence-corrected chi connectivity index (χ4v) is 2.06. The second kappa shape index (κ2) is 10.7. The third-order valence-corrected chi connectivity index (χ3v) is 2.81. The highest BCUT2D eigenvalue weighted by Crippen LogP contribution is 2.26. The molecule has 0 atom stereocenters. The van der Waals surface area contributed by atoms with Gasteiger partial charge in [0.1, 0.15) is 12.8 Å². The number of rotatable bonds is 10. The molecule has 172 valence electrons. The van der Waals surface area contributed by atoms with Gasteiger partial charge >= 0.3 is 59.3 Å². The lowest BCUT2D eigenvalue weighted by Gasteiger charge is -2.31. The highest BCUT2D eigenvalue weighted by atomic mass is 16.8. The largest absolute Gasteiger partial charge is 0.481 e. The molecule has 2 N–H and O–H groups in total. The van der Waals surface area contributed by atoms with E-state index in [4.69, 9.17) is 10.2 Å². The minimum absolute atomic E-state index is 0.696. The van der Waals surface area contributed by atoms with Crippen LogP contribution in [0.4, 0.5) is 0 Å². The molecule has 0 aliphatic carbocycles. The van der Waals surface area contributed by atoms with Crippen molar-refractivity contribution in [1.29, 1.82) is 0 Å². The standard InChI is InChI=1S/C16H18O15/c1-7(17)28-15(5-11(21)22,29-8(2)18)13(25)27-14(26)16(6-12(23)24,30-9(3)19)31-10(4)20/h5-6H2,1-4H3,(H,21,22)(H,23,24). The molecule has 0 heterocycles. The molecule has 31 heavy (non-hydrogen) atoms. The van der Waals surface area contributed by atoms with Crippen molar-refractivity contribution in [3.63, 3.8) is 0 Å². The molecule has 15 nitrogen and oxygen atoms in total. The summed E-state index contributed by atoms with van der Waals surface area (Å²) in [6.45, 7) is 2.78. The summed E-state index contributed by atoms with van der Waals surface area (Å²) in [7, 11) is 0. The smallest absolute Gasteiger partial charge is 0.401 e. The molecular weight excluding hydrogens is 432 g/mol. The first kappa shape index (κ1) is 27.0. The molecule has 0 saturated heterocycles. The van der Waals surface area contributed by atoms with E-state index in [0.717, 1.165) is 0 Å². The number of hydrogen-bond acceptors (Lipinski definition) is 13. The number of carbonyl (C=O) groups is 8. The predicted molar refractivity (Wildman–Crippen MR) is 88.1 cm³/mol. The second-order valence-electron chi connectivity index (χ2n) is 5.70. The Morgan fingerprint density at radius 3 is 0.935 bits per heavy atom. The zero-order valence-corrected chi connectivity index (χ0v) is 16.6.